The number of ether oxygens (including phenoxy) is 1. The van der Waals surface area contributed by atoms with Crippen molar-refractivity contribution >= 4 is 5.97 Å². The van der Waals surface area contributed by atoms with Gasteiger partial charge in [0.25, 0.3) is 0 Å². The summed E-state index contributed by atoms with van der Waals surface area (Å²) in [7, 11) is 1.47. The van der Waals surface area contributed by atoms with Gasteiger partial charge in [-0.05, 0) is 25.2 Å². The number of esters is 1. The van der Waals surface area contributed by atoms with Gasteiger partial charge < -0.3 is 4.74 Å². The average molecular weight is 212 g/mol. The van der Waals surface area contributed by atoms with Crippen LogP contribution in [0.5, 0.6) is 0 Å². The third-order valence-corrected chi connectivity index (χ3v) is 2.73. The standard InChI is InChI=1S/C13H24O2/c1-5-6-7-8-9-10-12(11(2)3)13(14)15-4/h5,11-12H,1,6-10H2,2-4H3. The maximum atomic E-state index is 11.4. The summed E-state index contributed by atoms with van der Waals surface area (Å²) in [5.74, 6) is 0.379. The molecule has 1 atom stereocenters. The summed E-state index contributed by atoms with van der Waals surface area (Å²) in [5, 5.41) is 0. The fraction of sp³-hybridized carbons (Fsp3) is 0.769. The van der Waals surface area contributed by atoms with Crippen molar-refractivity contribution in [2.75, 3.05) is 7.11 Å². The smallest absolute Gasteiger partial charge is 0.308 e. The molecule has 0 aliphatic carbocycles. The van der Waals surface area contributed by atoms with Crippen LogP contribution in [0, 0.1) is 11.8 Å². The molecule has 0 amide bonds. The maximum Gasteiger partial charge on any atom is 0.308 e. The van der Waals surface area contributed by atoms with Crippen molar-refractivity contribution < 1.29 is 9.53 Å². The third kappa shape index (κ3) is 6.32. The number of hydrogen-bond acceptors (Lipinski definition) is 2. The fourth-order valence-corrected chi connectivity index (χ4v) is 1.70. The highest BCUT2D eigenvalue weighted by atomic mass is 16.5. The maximum absolute atomic E-state index is 11.4. The molecule has 0 spiro atoms. The second-order valence-electron chi connectivity index (χ2n) is 4.30. The Kier molecular flexibility index (Phi) is 8.06. The van der Waals surface area contributed by atoms with Crippen molar-refractivity contribution in [2.45, 2.75) is 46.0 Å². The number of allylic oxidation sites excluding steroid dienone is 1. The zero-order chi connectivity index (χ0) is 11.7. The van der Waals surface area contributed by atoms with Crippen LogP contribution in [0.2, 0.25) is 0 Å². The zero-order valence-electron chi connectivity index (χ0n) is 10.3. The molecule has 0 N–H and O–H groups in total. The zero-order valence-corrected chi connectivity index (χ0v) is 10.3. The van der Waals surface area contributed by atoms with Crippen molar-refractivity contribution in [2.24, 2.45) is 11.8 Å². The summed E-state index contributed by atoms with van der Waals surface area (Å²) >= 11 is 0. The lowest BCUT2D eigenvalue weighted by Crippen LogP contribution is -2.21. The first kappa shape index (κ1) is 14.2. The molecular formula is C13H24O2. The molecule has 2 nitrogen and oxygen atoms in total. The molecule has 1 unspecified atom stereocenters. The van der Waals surface area contributed by atoms with Crippen molar-refractivity contribution in [1.29, 1.82) is 0 Å². The summed E-state index contributed by atoms with van der Waals surface area (Å²) < 4.78 is 4.80. The molecule has 0 radical (unpaired) electrons. The van der Waals surface area contributed by atoms with E-state index in [1.807, 2.05) is 6.08 Å². The van der Waals surface area contributed by atoms with Gasteiger partial charge in [-0.2, -0.15) is 0 Å². The predicted molar refractivity (Wildman–Crippen MR) is 63.6 cm³/mol. The largest absolute Gasteiger partial charge is 0.469 e. The molecular weight excluding hydrogens is 188 g/mol. The molecule has 0 rings (SSSR count). The SMILES string of the molecule is C=CCCCCCC(C(=O)OC)C(C)C. The molecule has 0 saturated carbocycles. The number of hydrogen-bond donors (Lipinski definition) is 0. The number of unbranched alkanes of at least 4 members (excludes halogenated alkanes) is 3. The Morgan fingerprint density at radius 3 is 2.47 bits per heavy atom. The summed E-state index contributed by atoms with van der Waals surface area (Å²) in [4.78, 5) is 11.4. The number of rotatable bonds is 8. The van der Waals surface area contributed by atoms with E-state index < -0.39 is 0 Å². The Bertz CT molecular complexity index is 185. The van der Waals surface area contributed by atoms with Gasteiger partial charge in [-0.3, -0.25) is 4.79 Å². The molecule has 0 aromatic carbocycles. The molecule has 0 aliphatic rings. The van der Waals surface area contributed by atoms with Crippen LogP contribution in [0.1, 0.15) is 46.0 Å². The van der Waals surface area contributed by atoms with Crippen molar-refractivity contribution in [3.63, 3.8) is 0 Å². The Hall–Kier alpha value is -0.790. The van der Waals surface area contributed by atoms with Crippen LogP contribution in [-0.4, -0.2) is 13.1 Å². The number of carbonyl (C=O) groups is 1. The van der Waals surface area contributed by atoms with Crippen LogP contribution < -0.4 is 0 Å². The highest BCUT2D eigenvalue weighted by Crippen LogP contribution is 2.20. The van der Waals surface area contributed by atoms with Crippen LogP contribution in [0.25, 0.3) is 0 Å². The topological polar surface area (TPSA) is 26.3 Å². The van der Waals surface area contributed by atoms with E-state index in [-0.39, 0.29) is 11.9 Å². The summed E-state index contributed by atoms with van der Waals surface area (Å²) in [6.07, 6.45) is 7.42. The highest BCUT2D eigenvalue weighted by Gasteiger charge is 2.21. The van der Waals surface area contributed by atoms with E-state index >= 15 is 0 Å². The second-order valence-corrected chi connectivity index (χ2v) is 4.30. The first-order valence-corrected chi connectivity index (χ1v) is 5.82. The van der Waals surface area contributed by atoms with Gasteiger partial charge in [0.2, 0.25) is 0 Å². The van der Waals surface area contributed by atoms with Crippen LogP contribution >= 0.6 is 0 Å². The van der Waals surface area contributed by atoms with Crippen LogP contribution in [0.15, 0.2) is 12.7 Å². The van der Waals surface area contributed by atoms with Crippen molar-refractivity contribution in [1.82, 2.24) is 0 Å². The van der Waals surface area contributed by atoms with Gasteiger partial charge in [0.15, 0.2) is 0 Å². The molecule has 0 saturated heterocycles. The first-order valence-electron chi connectivity index (χ1n) is 5.82. The van der Waals surface area contributed by atoms with Gasteiger partial charge in [-0.1, -0.05) is 32.8 Å². The van der Waals surface area contributed by atoms with Crippen LogP contribution in [0.3, 0.4) is 0 Å². The van der Waals surface area contributed by atoms with E-state index in [1.165, 1.54) is 20.0 Å². The van der Waals surface area contributed by atoms with Gasteiger partial charge in [0.1, 0.15) is 0 Å². The van der Waals surface area contributed by atoms with Crippen LogP contribution in [0.4, 0.5) is 0 Å². The van der Waals surface area contributed by atoms with E-state index in [0.717, 1.165) is 19.3 Å². The highest BCUT2D eigenvalue weighted by molar-refractivity contribution is 5.72. The molecule has 88 valence electrons. The molecule has 0 aromatic heterocycles. The van der Waals surface area contributed by atoms with Gasteiger partial charge in [-0.15, -0.1) is 6.58 Å². The molecule has 15 heavy (non-hydrogen) atoms. The minimum atomic E-state index is -0.0614. The van der Waals surface area contributed by atoms with E-state index in [1.54, 1.807) is 0 Å². The third-order valence-electron chi connectivity index (χ3n) is 2.73. The monoisotopic (exact) mass is 212 g/mol. The van der Waals surface area contributed by atoms with Gasteiger partial charge in [-0.25, -0.2) is 0 Å². The lowest BCUT2D eigenvalue weighted by atomic mass is 9.90. The van der Waals surface area contributed by atoms with E-state index in [4.69, 9.17) is 4.74 Å². The van der Waals surface area contributed by atoms with Gasteiger partial charge in [0, 0.05) is 0 Å². The van der Waals surface area contributed by atoms with Gasteiger partial charge in [0.05, 0.1) is 13.0 Å². The lowest BCUT2D eigenvalue weighted by Gasteiger charge is -2.17. The molecule has 0 aromatic rings. The lowest BCUT2D eigenvalue weighted by molar-refractivity contribution is -0.147. The van der Waals surface area contributed by atoms with E-state index in [0.29, 0.717) is 5.92 Å². The van der Waals surface area contributed by atoms with Gasteiger partial charge >= 0.3 is 5.97 Å². The number of carbonyl (C=O) groups excluding carboxylic acids is 1. The minimum Gasteiger partial charge on any atom is -0.469 e. The Morgan fingerprint density at radius 1 is 1.33 bits per heavy atom. The minimum absolute atomic E-state index is 0.0614. The van der Waals surface area contributed by atoms with Crippen molar-refractivity contribution in [3.8, 4) is 0 Å². The second kappa shape index (κ2) is 8.51. The summed E-state index contributed by atoms with van der Waals surface area (Å²) in [6, 6.07) is 0. The molecule has 0 aliphatic heterocycles. The van der Waals surface area contributed by atoms with E-state index in [9.17, 15) is 4.79 Å². The Balaban J connectivity index is 3.76. The molecule has 0 heterocycles. The molecule has 0 fully saturated rings. The first-order chi connectivity index (χ1) is 7.13. The Labute approximate surface area is 93.7 Å². The summed E-state index contributed by atoms with van der Waals surface area (Å²) in [6.45, 7) is 7.84. The van der Waals surface area contributed by atoms with E-state index in [2.05, 4.69) is 20.4 Å². The Morgan fingerprint density at radius 2 is 2.00 bits per heavy atom. The molecule has 2 heteroatoms. The quantitative estimate of drug-likeness (QED) is 0.349. The van der Waals surface area contributed by atoms with Crippen molar-refractivity contribution in [3.05, 3.63) is 12.7 Å². The normalized spacial score (nSPS) is 12.5. The summed E-state index contributed by atoms with van der Waals surface area (Å²) in [5.41, 5.74) is 0. The molecule has 0 bridgehead atoms. The average Bonchev–Trinajstić information content (AvgIpc) is 2.22. The predicted octanol–water partition coefficient (Wildman–Crippen LogP) is 3.57. The fourth-order valence-electron chi connectivity index (χ4n) is 1.70. The van der Waals surface area contributed by atoms with Crippen LogP contribution in [-0.2, 0) is 9.53 Å². The number of methoxy groups -OCH3 is 1.